The zero-order valence-corrected chi connectivity index (χ0v) is 14.8. The van der Waals surface area contributed by atoms with Gasteiger partial charge in [0, 0.05) is 13.1 Å². The van der Waals surface area contributed by atoms with Gasteiger partial charge in [-0.2, -0.15) is 0 Å². The largest absolute Gasteiger partial charge is 0.497 e. The van der Waals surface area contributed by atoms with E-state index in [0.717, 1.165) is 11.3 Å². The molecule has 0 spiro atoms. The molecule has 1 aromatic carbocycles. The van der Waals surface area contributed by atoms with Gasteiger partial charge in [-0.05, 0) is 29.1 Å². The van der Waals surface area contributed by atoms with Gasteiger partial charge in [0.25, 0.3) is 5.91 Å². The van der Waals surface area contributed by atoms with E-state index in [0.29, 0.717) is 24.6 Å². The Balaban J connectivity index is 1.44. The monoisotopic (exact) mass is 362 g/mol. The van der Waals surface area contributed by atoms with Gasteiger partial charge in [-0.25, -0.2) is 0 Å². The fourth-order valence-electron chi connectivity index (χ4n) is 2.72. The maximum atomic E-state index is 11.9. The predicted molar refractivity (Wildman–Crippen MR) is 96.0 cm³/mol. The number of carbonyl (C=O) groups is 1. The van der Waals surface area contributed by atoms with E-state index < -0.39 is 12.2 Å². The standard InChI is InChI=1S/C18H22N2O4S/c1-23-13-6-4-12(5-7-13)9-19-14-11-24-15(17(14)21)10-20-18(22)16-3-2-8-25-16/h2-8,14-15,17,19,21H,9-11H2,1H3,(H,20,22)/t14-,15-,17+/m1/s1. The van der Waals surface area contributed by atoms with E-state index in [1.165, 1.54) is 11.3 Å². The number of thiophene rings is 1. The van der Waals surface area contributed by atoms with Gasteiger partial charge in [0.15, 0.2) is 0 Å². The number of amides is 1. The summed E-state index contributed by atoms with van der Waals surface area (Å²) in [6.07, 6.45) is -1.07. The first kappa shape index (κ1) is 17.9. The number of carbonyl (C=O) groups excluding carboxylic acids is 1. The second-order valence-corrected chi connectivity index (χ2v) is 6.83. The summed E-state index contributed by atoms with van der Waals surface area (Å²) in [6, 6.07) is 11.2. The Kier molecular flexibility index (Phi) is 6.04. The molecule has 134 valence electrons. The van der Waals surface area contributed by atoms with Crippen LogP contribution in [-0.2, 0) is 11.3 Å². The number of aliphatic hydroxyl groups is 1. The van der Waals surface area contributed by atoms with E-state index in [9.17, 15) is 9.90 Å². The van der Waals surface area contributed by atoms with Crippen molar-refractivity contribution in [2.45, 2.75) is 24.8 Å². The Labute approximate surface area is 150 Å². The molecule has 7 heteroatoms. The Morgan fingerprint density at radius 2 is 2.16 bits per heavy atom. The molecule has 3 rings (SSSR count). The zero-order valence-electron chi connectivity index (χ0n) is 14.0. The minimum atomic E-state index is -0.665. The topological polar surface area (TPSA) is 79.8 Å². The Morgan fingerprint density at radius 1 is 1.36 bits per heavy atom. The molecule has 1 saturated heterocycles. The molecule has 0 unspecified atom stereocenters. The number of methoxy groups -OCH3 is 1. The van der Waals surface area contributed by atoms with Crippen molar-refractivity contribution in [2.75, 3.05) is 20.3 Å². The van der Waals surface area contributed by atoms with Crippen LogP contribution in [-0.4, -0.2) is 49.5 Å². The van der Waals surface area contributed by atoms with E-state index >= 15 is 0 Å². The quantitative estimate of drug-likeness (QED) is 0.694. The summed E-state index contributed by atoms with van der Waals surface area (Å²) < 4.78 is 10.8. The molecule has 0 radical (unpaired) electrons. The number of nitrogens with one attached hydrogen (secondary N) is 2. The fourth-order valence-corrected chi connectivity index (χ4v) is 3.36. The molecule has 0 saturated carbocycles. The van der Waals surface area contributed by atoms with Crippen molar-refractivity contribution in [2.24, 2.45) is 0 Å². The molecule has 0 aliphatic carbocycles. The average molecular weight is 362 g/mol. The number of rotatable bonds is 7. The van der Waals surface area contributed by atoms with Crippen molar-refractivity contribution < 1.29 is 19.4 Å². The van der Waals surface area contributed by atoms with E-state index in [-0.39, 0.29) is 11.9 Å². The minimum Gasteiger partial charge on any atom is -0.497 e. The van der Waals surface area contributed by atoms with Gasteiger partial charge in [-0.15, -0.1) is 11.3 Å². The summed E-state index contributed by atoms with van der Waals surface area (Å²) in [5, 5.41) is 18.4. The Morgan fingerprint density at radius 3 is 2.84 bits per heavy atom. The average Bonchev–Trinajstić information content (AvgIpc) is 3.29. The van der Waals surface area contributed by atoms with Crippen molar-refractivity contribution in [3.8, 4) is 5.75 Å². The summed E-state index contributed by atoms with van der Waals surface area (Å²) in [5.74, 6) is 0.676. The summed E-state index contributed by atoms with van der Waals surface area (Å²) in [5.41, 5.74) is 1.10. The van der Waals surface area contributed by atoms with Crippen LogP contribution in [0.2, 0.25) is 0 Å². The molecule has 2 aromatic rings. The first-order chi connectivity index (χ1) is 12.2. The normalized spacial score (nSPS) is 22.7. The van der Waals surface area contributed by atoms with Crippen molar-refractivity contribution in [1.82, 2.24) is 10.6 Å². The van der Waals surface area contributed by atoms with E-state index in [1.807, 2.05) is 35.7 Å². The van der Waals surface area contributed by atoms with Crippen LogP contribution in [0.5, 0.6) is 5.75 Å². The molecule has 25 heavy (non-hydrogen) atoms. The van der Waals surface area contributed by atoms with Crippen molar-refractivity contribution >= 4 is 17.2 Å². The lowest BCUT2D eigenvalue weighted by Gasteiger charge is -2.19. The lowest BCUT2D eigenvalue weighted by Crippen LogP contribution is -2.44. The smallest absolute Gasteiger partial charge is 0.261 e. The number of ether oxygens (including phenoxy) is 2. The third-order valence-corrected chi connectivity index (χ3v) is 5.09. The summed E-state index contributed by atoms with van der Waals surface area (Å²) in [7, 11) is 1.64. The third kappa shape index (κ3) is 4.58. The molecule has 3 N–H and O–H groups in total. The van der Waals surface area contributed by atoms with Gasteiger partial charge in [-0.3, -0.25) is 4.79 Å². The third-order valence-electron chi connectivity index (χ3n) is 4.22. The van der Waals surface area contributed by atoms with Gasteiger partial charge >= 0.3 is 0 Å². The second-order valence-electron chi connectivity index (χ2n) is 5.89. The highest BCUT2D eigenvalue weighted by atomic mass is 32.1. The van der Waals surface area contributed by atoms with Gasteiger partial charge in [0.05, 0.1) is 30.7 Å². The Hall–Kier alpha value is -1.93. The van der Waals surface area contributed by atoms with E-state index in [4.69, 9.17) is 9.47 Å². The highest BCUT2D eigenvalue weighted by Crippen LogP contribution is 2.16. The van der Waals surface area contributed by atoms with Crippen LogP contribution in [0.4, 0.5) is 0 Å². The molecule has 1 aliphatic heterocycles. The molecular formula is C18H22N2O4S. The van der Waals surface area contributed by atoms with Crippen molar-refractivity contribution in [1.29, 1.82) is 0 Å². The maximum absolute atomic E-state index is 11.9. The van der Waals surface area contributed by atoms with Crippen LogP contribution in [0.25, 0.3) is 0 Å². The zero-order chi connectivity index (χ0) is 17.6. The molecule has 0 bridgehead atoms. The van der Waals surface area contributed by atoms with Crippen LogP contribution in [0.15, 0.2) is 41.8 Å². The minimum absolute atomic E-state index is 0.138. The molecule has 1 aliphatic rings. The van der Waals surface area contributed by atoms with Crippen LogP contribution in [0.3, 0.4) is 0 Å². The van der Waals surface area contributed by atoms with Crippen molar-refractivity contribution in [3.63, 3.8) is 0 Å². The molecule has 1 aromatic heterocycles. The molecule has 1 amide bonds. The first-order valence-corrected chi connectivity index (χ1v) is 9.03. The molecular weight excluding hydrogens is 340 g/mol. The van der Waals surface area contributed by atoms with Crippen LogP contribution in [0.1, 0.15) is 15.2 Å². The highest BCUT2D eigenvalue weighted by Gasteiger charge is 2.35. The molecule has 1 fully saturated rings. The SMILES string of the molecule is COc1ccc(CN[C@@H]2CO[C@H](CNC(=O)c3cccs3)[C@H]2O)cc1. The number of hydrogen-bond acceptors (Lipinski definition) is 6. The number of aliphatic hydroxyl groups excluding tert-OH is 1. The van der Waals surface area contributed by atoms with Crippen LogP contribution >= 0.6 is 11.3 Å². The second kappa shape index (κ2) is 8.44. The van der Waals surface area contributed by atoms with E-state index in [1.54, 1.807) is 13.2 Å². The summed E-state index contributed by atoms with van der Waals surface area (Å²) in [6.45, 7) is 1.33. The lowest BCUT2D eigenvalue weighted by atomic mass is 10.1. The molecule has 2 heterocycles. The highest BCUT2D eigenvalue weighted by molar-refractivity contribution is 7.12. The van der Waals surface area contributed by atoms with Crippen molar-refractivity contribution in [3.05, 3.63) is 52.2 Å². The number of hydrogen-bond donors (Lipinski definition) is 3. The predicted octanol–water partition coefficient (Wildman–Crippen LogP) is 1.40. The molecule has 3 atom stereocenters. The van der Waals surface area contributed by atoms with E-state index in [2.05, 4.69) is 10.6 Å². The van der Waals surface area contributed by atoms with Crippen LogP contribution in [0, 0.1) is 0 Å². The summed E-state index contributed by atoms with van der Waals surface area (Å²) in [4.78, 5) is 12.6. The fraction of sp³-hybridized carbons (Fsp3) is 0.389. The molecule has 6 nitrogen and oxygen atoms in total. The number of benzene rings is 1. The first-order valence-electron chi connectivity index (χ1n) is 8.15. The van der Waals surface area contributed by atoms with Crippen LogP contribution < -0.4 is 15.4 Å². The van der Waals surface area contributed by atoms with Gasteiger partial charge in [0.2, 0.25) is 0 Å². The Bertz CT molecular complexity index is 675. The van der Waals surface area contributed by atoms with Gasteiger partial charge < -0.3 is 25.2 Å². The van der Waals surface area contributed by atoms with Gasteiger partial charge in [-0.1, -0.05) is 18.2 Å². The van der Waals surface area contributed by atoms with Gasteiger partial charge in [0.1, 0.15) is 11.9 Å². The summed E-state index contributed by atoms with van der Waals surface area (Å²) >= 11 is 1.39. The maximum Gasteiger partial charge on any atom is 0.261 e. The lowest BCUT2D eigenvalue weighted by molar-refractivity contribution is 0.0399.